The summed E-state index contributed by atoms with van der Waals surface area (Å²) < 4.78 is 14.9. The Bertz CT molecular complexity index is 385. The van der Waals surface area contributed by atoms with Crippen molar-refractivity contribution in [2.75, 3.05) is 0 Å². The van der Waals surface area contributed by atoms with Crippen LogP contribution in [0.5, 0.6) is 5.75 Å². The Morgan fingerprint density at radius 1 is 1.36 bits per heavy atom. The lowest BCUT2D eigenvalue weighted by Gasteiger charge is -2.08. The Hall–Kier alpha value is -1.36. The van der Waals surface area contributed by atoms with Crippen molar-refractivity contribution in [2.24, 2.45) is 5.16 Å². The summed E-state index contributed by atoms with van der Waals surface area (Å²) in [4.78, 5) is 17.1. The summed E-state index contributed by atoms with van der Waals surface area (Å²) in [6.45, 7) is 0. The van der Waals surface area contributed by atoms with Crippen molar-refractivity contribution in [1.82, 2.24) is 0 Å². The van der Waals surface area contributed by atoms with E-state index in [0.717, 1.165) is 6.21 Å². The first-order chi connectivity index (χ1) is 6.53. The number of para-hydroxylation sites is 1. The van der Waals surface area contributed by atoms with E-state index in [1.165, 1.54) is 12.1 Å². The second kappa shape index (κ2) is 4.23. The Labute approximate surface area is 79.7 Å². The molecule has 7 heteroatoms. The third-order valence-corrected chi connectivity index (χ3v) is 1.77. The van der Waals surface area contributed by atoms with Gasteiger partial charge in [0.25, 0.3) is 0 Å². The van der Waals surface area contributed by atoms with Crippen molar-refractivity contribution in [1.29, 1.82) is 0 Å². The number of benzene rings is 1. The maximum atomic E-state index is 10.5. The topological polar surface area (TPSA) is 99.4 Å². The molecular formula is C7H8NO5P. The van der Waals surface area contributed by atoms with Gasteiger partial charge in [0, 0.05) is 5.56 Å². The van der Waals surface area contributed by atoms with Crippen LogP contribution in [0.1, 0.15) is 5.56 Å². The zero-order valence-electron chi connectivity index (χ0n) is 6.94. The van der Waals surface area contributed by atoms with Crippen LogP contribution in [-0.4, -0.2) is 21.2 Å². The SMILES string of the molecule is O=P(O)(O)Oc1ccccc1C=NO. The molecule has 0 unspecified atom stereocenters. The van der Waals surface area contributed by atoms with E-state index in [9.17, 15) is 4.57 Å². The summed E-state index contributed by atoms with van der Waals surface area (Å²) >= 11 is 0. The lowest BCUT2D eigenvalue weighted by molar-refractivity contribution is 0.283. The van der Waals surface area contributed by atoms with Crippen LogP contribution in [0.3, 0.4) is 0 Å². The Morgan fingerprint density at radius 3 is 2.57 bits per heavy atom. The van der Waals surface area contributed by atoms with E-state index < -0.39 is 7.82 Å². The number of phosphoric acid groups is 1. The minimum Gasteiger partial charge on any atom is -0.411 e. The van der Waals surface area contributed by atoms with Gasteiger partial charge in [0.15, 0.2) is 0 Å². The van der Waals surface area contributed by atoms with Gasteiger partial charge in [0.2, 0.25) is 0 Å². The highest BCUT2D eigenvalue weighted by molar-refractivity contribution is 7.46. The predicted molar refractivity (Wildman–Crippen MR) is 48.5 cm³/mol. The second-order valence-electron chi connectivity index (χ2n) is 2.36. The van der Waals surface area contributed by atoms with E-state index in [-0.39, 0.29) is 11.3 Å². The molecule has 0 aliphatic rings. The predicted octanol–water partition coefficient (Wildman–Crippen LogP) is 0.966. The van der Waals surface area contributed by atoms with E-state index in [2.05, 4.69) is 9.68 Å². The number of oxime groups is 1. The fourth-order valence-corrected chi connectivity index (χ4v) is 1.28. The summed E-state index contributed by atoms with van der Waals surface area (Å²) in [6, 6.07) is 6.00. The van der Waals surface area contributed by atoms with Gasteiger partial charge in [-0.3, -0.25) is 9.79 Å². The van der Waals surface area contributed by atoms with Crippen LogP contribution in [0.25, 0.3) is 0 Å². The van der Waals surface area contributed by atoms with E-state index in [1.54, 1.807) is 12.1 Å². The summed E-state index contributed by atoms with van der Waals surface area (Å²) in [5, 5.41) is 11.0. The Kier molecular flexibility index (Phi) is 3.24. The van der Waals surface area contributed by atoms with Crippen molar-refractivity contribution in [2.45, 2.75) is 0 Å². The molecule has 0 saturated heterocycles. The van der Waals surface area contributed by atoms with Gasteiger partial charge < -0.3 is 9.73 Å². The van der Waals surface area contributed by atoms with Crippen molar-refractivity contribution in [3.8, 4) is 5.75 Å². The number of hydrogen-bond donors (Lipinski definition) is 3. The first-order valence-electron chi connectivity index (χ1n) is 3.54. The average Bonchev–Trinajstić information content (AvgIpc) is 2.06. The molecular weight excluding hydrogens is 209 g/mol. The molecule has 0 radical (unpaired) electrons. The van der Waals surface area contributed by atoms with Crippen molar-refractivity contribution >= 4 is 14.0 Å². The minimum atomic E-state index is -4.58. The zero-order chi connectivity index (χ0) is 10.6. The maximum absolute atomic E-state index is 10.5. The average molecular weight is 217 g/mol. The molecule has 0 fully saturated rings. The quantitative estimate of drug-likeness (QED) is 0.303. The minimum absolute atomic E-state index is 0.0429. The van der Waals surface area contributed by atoms with Crippen molar-refractivity contribution < 1.29 is 24.1 Å². The molecule has 0 atom stereocenters. The van der Waals surface area contributed by atoms with Gasteiger partial charge in [-0.2, -0.15) is 0 Å². The third-order valence-electron chi connectivity index (χ3n) is 1.33. The molecule has 0 saturated carbocycles. The molecule has 0 amide bonds. The van der Waals surface area contributed by atoms with Gasteiger partial charge in [-0.15, -0.1) is 0 Å². The van der Waals surface area contributed by atoms with Gasteiger partial charge in [0.1, 0.15) is 5.75 Å². The van der Waals surface area contributed by atoms with Crippen LogP contribution in [0.4, 0.5) is 0 Å². The monoisotopic (exact) mass is 217 g/mol. The van der Waals surface area contributed by atoms with Gasteiger partial charge in [0.05, 0.1) is 6.21 Å². The second-order valence-corrected chi connectivity index (χ2v) is 3.53. The summed E-state index contributed by atoms with van der Waals surface area (Å²) in [5.41, 5.74) is 0.276. The summed E-state index contributed by atoms with van der Waals surface area (Å²) in [5.74, 6) is -0.0429. The highest BCUT2D eigenvalue weighted by atomic mass is 31.2. The van der Waals surface area contributed by atoms with Crippen LogP contribution >= 0.6 is 7.82 Å². The lowest BCUT2D eigenvalue weighted by Crippen LogP contribution is -1.94. The molecule has 1 rings (SSSR count). The van der Waals surface area contributed by atoms with Gasteiger partial charge in [-0.05, 0) is 12.1 Å². The number of hydrogen-bond acceptors (Lipinski definition) is 4. The first-order valence-corrected chi connectivity index (χ1v) is 5.07. The largest absolute Gasteiger partial charge is 0.524 e. The molecule has 0 bridgehead atoms. The molecule has 6 nitrogen and oxygen atoms in total. The summed E-state index contributed by atoms with van der Waals surface area (Å²) in [6.07, 6.45) is 1.02. The molecule has 0 aliphatic heterocycles. The molecule has 3 N–H and O–H groups in total. The van der Waals surface area contributed by atoms with Crippen molar-refractivity contribution in [3.05, 3.63) is 29.8 Å². The summed E-state index contributed by atoms with van der Waals surface area (Å²) in [7, 11) is -4.58. The third kappa shape index (κ3) is 3.18. The highest BCUT2D eigenvalue weighted by Gasteiger charge is 2.17. The van der Waals surface area contributed by atoms with E-state index in [1.807, 2.05) is 0 Å². The highest BCUT2D eigenvalue weighted by Crippen LogP contribution is 2.38. The number of nitrogens with zero attached hydrogens (tertiary/aromatic N) is 1. The molecule has 1 aromatic rings. The van der Waals surface area contributed by atoms with E-state index in [4.69, 9.17) is 15.0 Å². The Morgan fingerprint density at radius 2 is 2.00 bits per heavy atom. The fourth-order valence-electron chi connectivity index (χ4n) is 0.861. The molecule has 0 heterocycles. The van der Waals surface area contributed by atoms with Gasteiger partial charge in [-0.25, -0.2) is 4.57 Å². The maximum Gasteiger partial charge on any atom is 0.524 e. The molecule has 0 aromatic heterocycles. The molecule has 0 aliphatic carbocycles. The molecule has 1 aromatic carbocycles. The smallest absolute Gasteiger partial charge is 0.411 e. The van der Waals surface area contributed by atoms with Gasteiger partial charge in [-0.1, -0.05) is 17.3 Å². The lowest BCUT2D eigenvalue weighted by atomic mass is 10.2. The van der Waals surface area contributed by atoms with E-state index >= 15 is 0 Å². The first kappa shape index (κ1) is 10.7. The van der Waals surface area contributed by atoms with Crippen LogP contribution < -0.4 is 4.52 Å². The molecule has 14 heavy (non-hydrogen) atoms. The normalized spacial score (nSPS) is 11.9. The van der Waals surface area contributed by atoms with Crippen LogP contribution in [-0.2, 0) is 4.57 Å². The Balaban J connectivity index is 3.02. The fraction of sp³-hybridized carbons (Fsp3) is 0. The van der Waals surface area contributed by atoms with Crippen LogP contribution in [0.15, 0.2) is 29.4 Å². The van der Waals surface area contributed by atoms with Crippen LogP contribution in [0.2, 0.25) is 0 Å². The van der Waals surface area contributed by atoms with Crippen LogP contribution in [0, 0.1) is 0 Å². The van der Waals surface area contributed by atoms with Crippen molar-refractivity contribution in [3.63, 3.8) is 0 Å². The zero-order valence-corrected chi connectivity index (χ0v) is 7.83. The number of rotatable bonds is 3. The van der Waals surface area contributed by atoms with E-state index in [0.29, 0.717) is 0 Å². The molecule has 76 valence electrons. The number of phosphoric ester groups is 1. The molecule has 0 spiro atoms. The van der Waals surface area contributed by atoms with Gasteiger partial charge >= 0.3 is 7.82 Å². The standard InChI is InChI=1S/C7H8NO5P/c9-8-5-6-3-1-2-4-7(6)13-14(10,11)12/h1-5,9H,(H2,10,11,12).